The maximum atomic E-state index is 4.63. The monoisotopic (exact) mass is 282 g/mol. The van der Waals surface area contributed by atoms with Crippen molar-refractivity contribution in [1.29, 1.82) is 0 Å². The summed E-state index contributed by atoms with van der Waals surface area (Å²) in [5, 5.41) is 3.62. The predicted octanol–water partition coefficient (Wildman–Crippen LogP) is 4.32. The first-order valence-electron chi connectivity index (χ1n) is 7.69. The van der Waals surface area contributed by atoms with Crippen LogP contribution in [0.4, 0.5) is 0 Å². The molecule has 1 heterocycles. The van der Waals surface area contributed by atoms with Gasteiger partial charge in [0.2, 0.25) is 0 Å². The van der Waals surface area contributed by atoms with Gasteiger partial charge in [0.05, 0.1) is 6.04 Å². The van der Waals surface area contributed by atoms with Crippen LogP contribution in [0.2, 0.25) is 0 Å². The Hall–Kier alpha value is -1.67. The van der Waals surface area contributed by atoms with E-state index in [0.717, 1.165) is 17.9 Å². The van der Waals surface area contributed by atoms with Gasteiger partial charge >= 0.3 is 0 Å². The molecule has 0 amide bonds. The molecular weight excluding hydrogens is 256 g/mol. The zero-order valence-corrected chi connectivity index (χ0v) is 14.0. The number of nitrogens with one attached hydrogen (secondary N) is 1. The average Bonchev–Trinajstić information content (AvgIpc) is 2.41. The van der Waals surface area contributed by atoms with Crippen LogP contribution in [0.5, 0.6) is 0 Å². The number of nitrogens with zero attached hydrogens (tertiary/aromatic N) is 1. The van der Waals surface area contributed by atoms with Crippen LogP contribution in [-0.2, 0) is 0 Å². The van der Waals surface area contributed by atoms with Gasteiger partial charge in [-0.05, 0) is 75.0 Å². The molecule has 0 aliphatic carbocycles. The third kappa shape index (κ3) is 3.33. The molecule has 2 heteroatoms. The zero-order valence-electron chi connectivity index (χ0n) is 14.0. The second-order valence-electron chi connectivity index (χ2n) is 5.91. The number of hydrogen-bond donors (Lipinski definition) is 1. The van der Waals surface area contributed by atoms with E-state index in [9.17, 15) is 0 Å². The van der Waals surface area contributed by atoms with Crippen molar-refractivity contribution in [2.45, 2.75) is 47.6 Å². The topological polar surface area (TPSA) is 24.9 Å². The first-order valence-corrected chi connectivity index (χ1v) is 7.69. The van der Waals surface area contributed by atoms with E-state index in [1.54, 1.807) is 0 Å². The molecule has 1 atom stereocenters. The minimum absolute atomic E-state index is 0.211. The van der Waals surface area contributed by atoms with Gasteiger partial charge in [0.1, 0.15) is 0 Å². The molecule has 2 rings (SSSR count). The number of aromatic nitrogens is 1. The number of pyridine rings is 1. The lowest BCUT2D eigenvalue weighted by atomic mass is 9.91. The highest BCUT2D eigenvalue weighted by atomic mass is 14.9. The number of hydrogen-bond acceptors (Lipinski definition) is 2. The third-order valence-corrected chi connectivity index (χ3v) is 4.18. The third-order valence-electron chi connectivity index (χ3n) is 4.18. The van der Waals surface area contributed by atoms with Gasteiger partial charge in [0.15, 0.2) is 0 Å². The highest BCUT2D eigenvalue weighted by molar-refractivity contribution is 5.43. The van der Waals surface area contributed by atoms with Crippen LogP contribution in [0.15, 0.2) is 24.3 Å². The minimum atomic E-state index is 0.211. The van der Waals surface area contributed by atoms with E-state index in [1.165, 1.54) is 27.8 Å². The predicted molar refractivity (Wildman–Crippen MR) is 89.9 cm³/mol. The van der Waals surface area contributed by atoms with Crippen LogP contribution >= 0.6 is 0 Å². The van der Waals surface area contributed by atoms with E-state index in [-0.39, 0.29) is 6.04 Å². The molecule has 1 N–H and O–H groups in total. The van der Waals surface area contributed by atoms with E-state index in [2.05, 4.69) is 69.2 Å². The van der Waals surface area contributed by atoms with Crippen LogP contribution < -0.4 is 5.32 Å². The summed E-state index contributed by atoms with van der Waals surface area (Å²) in [7, 11) is 0. The fraction of sp³-hybridized carbons (Fsp3) is 0.421. The standard InChI is InChI=1S/C19H26N2/c1-7-20-19(17-9-8-15(5)21-16(17)6)18-11-13(3)12(2)10-14(18)4/h8-11,19-20H,7H2,1-6H3. The Balaban J connectivity index is 2.55. The quantitative estimate of drug-likeness (QED) is 0.903. The molecule has 0 aliphatic heterocycles. The number of benzene rings is 1. The zero-order chi connectivity index (χ0) is 15.6. The largest absolute Gasteiger partial charge is 0.306 e. The Morgan fingerprint density at radius 3 is 2.19 bits per heavy atom. The molecule has 21 heavy (non-hydrogen) atoms. The second-order valence-corrected chi connectivity index (χ2v) is 5.91. The van der Waals surface area contributed by atoms with Gasteiger partial charge < -0.3 is 5.32 Å². The van der Waals surface area contributed by atoms with E-state index in [1.807, 2.05) is 6.92 Å². The Morgan fingerprint density at radius 2 is 1.57 bits per heavy atom. The van der Waals surface area contributed by atoms with Crippen LogP contribution in [0.1, 0.15) is 52.2 Å². The van der Waals surface area contributed by atoms with Crippen molar-refractivity contribution in [1.82, 2.24) is 10.3 Å². The molecule has 2 aromatic rings. The van der Waals surface area contributed by atoms with Crippen molar-refractivity contribution in [3.63, 3.8) is 0 Å². The van der Waals surface area contributed by atoms with Crippen LogP contribution in [-0.4, -0.2) is 11.5 Å². The fourth-order valence-electron chi connectivity index (χ4n) is 2.89. The van der Waals surface area contributed by atoms with E-state index >= 15 is 0 Å². The first kappa shape index (κ1) is 15.7. The second kappa shape index (κ2) is 6.40. The highest BCUT2D eigenvalue weighted by Crippen LogP contribution is 2.28. The maximum absolute atomic E-state index is 4.63. The van der Waals surface area contributed by atoms with Gasteiger partial charge in [-0.3, -0.25) is 4.98 Å². The summed E-state index contributed by atoms with van der Waals surface area (Å²) in [6.45, 7) is 13.8. The first-order chi connectivity index (χ1) is 9.93. The summed E-state index contributed by atoms with van der Waals surface area (Å²) in [6, 6.07) is 9.12. The molecule has 1 unspecified atom stereocenters. The van der Waals surface area contributed by atoms with E-state index in [4.69, 9.17) is 0 Å². The Labute approximate surface area is 128 Å². The molecule has 2 nitrogen and oxygen atoms in total. The summed E-state index contributed by atoms with van der Waals surface area (Å²) < 4.78 is 0. The molecule has 1 aromatic heterocycles. The number of rotatable bonds is 4. The molecule has 0 spiro atoms. The van der Waals surface area contributed by atoms with Gasteiger partial charge in [-0.1, -0.05) is 25.1 Å². The molecule has 0 fully saturated rings. The smallest absolute Gasteiger partial charge is 0.0597 e. The molecule has 0 radical (unpaired) electrons. The van der Waals surface area contributed by atoms with Gasteiger partial charge in [-0.15, -0.1) is 0 Å². The molecule has 1 aromatic carbocycles. The lowest BCUT2D eigenvalue weighted by Gasteiger charge is -2.23. The molecule has 0 bridgehead atoms. The van der Waals surface area contributed by atoms with Gasteiger partial charge in [-0.25, -0.2) is 0 Å². The Kier molecular flexibility index (Phi) is 4.79. The van der Waals surface area contributed by atoms with Crippen LogP contribution in [0.25, 0.3) is 0 Å². The van der Waals surface area contributed by atoms with Crippen molar-refractivity contribution < 1.29 is 0 Å². The summed E-state index contributed by atoms with van der Waals surface area (Å²) in [6.07, 6.45) is 0. The summed E-state index contributed by atoms with van der Waals surface area (Å²) in [5.74, 6) is 0. The van der Waals surface area contributed by atoms with E-state index < -0.39 is 0 Å². The van der Waals surface area contributed by atoms with Crippen molar-refractivity contribution in [2.24, 2.45) is 0 Å². The van der Waals surface area contributed by atoms with Crippen molar-refractivity contribution in [3.05, 3.63) is 63.5 Å². The maximum Gasteiger partial charge on any atom is 0.0597 e. The lowest BCUT2D eigenvalue weighted by molar-refractivity contribution is 0.621. The lowest BCUT2D eigenvalue weighted by Crippen LogP contribution is -2.24. The molecular formula is C19H26N2. The number of aryl methyl sites for hydroxylation is 5. The molecule has 112 valence electrons. The van der Waals surface area contributed by atoms with Crippen molar-refractivity contribution >= 4 is 0 Å². The Bertz CT molecular complexity index is 644. The Morgan fingerprint density at radius 1 is 0.905 bits per heavy atom. The molecule has 0 aliphatic rings. The molecule has 0 saturated carbocycles. The van der Waals surface area contributed by atoms with E-state index in [0.29, 0.717) is 0 Å². The summed E-state index contributed by atoms with van der Waals surface area (Å²) in [4.78, 5) is 4.63. The minimum Gasteiger partial charge on any atom is -0.306 e. The van der Waals surface area contributed by atoms with Crippen LogP contribution in [0.3, 0.4) is 0 Å². The van der Waals surface area contributed by atoms with Crippen LogP contribution in [0, 0.1) is 34.6 Å². The summed E-state index contributed by atoms with van der Waals surface area (Å²) in [5.41, 5.74) is 8.84. The summed E-state index contributed by atoms with van der Waals surface area (Å²) >= 11 is 0. The van der Waals surface area contributed by atoms with Crippen molar-refractivity contribution in [2.75, 3.05) is 6.54 Å². The normalized spacial score (nSPS) is 12.5. The highest BCUT2D eigenvalue weighted by Gasteiger charge is 2.18. The molecule has 0 saturated heterocycles. The van der Waals surface area contributed by atoms with Gasteiger partial charge in [-0.2, -0.15) is 0 Å². The van der Waals surface area contributed by atoms with Gasteiger partial charge in [0, 0.05) is 11.4 Å². The van der Waals surface area contributed by atoms with Crippen molar-refractivity contribution in [3.8, 4) is 0 Å². The SMILES string of the molecule is CCNC(c1cc(C)c(C)cc1C)c1ccc(C)nc1C. The average molecular weight is 282 g/mol. The fourth-order valence-corrected chi connectivity index (χ4v) is 2.89. The van der Waals surface area contributed by atoms with Gasteiger partial charge in [0.25, 0.3) is 0 Å².